The van der Waals surface area contributed by atoms with Crippen LogP contribution < -0.4 is 5.73 Å². The fraction of sp³-hybridized carbons (Fsp3) is 1.00. The van der Waals surface area contributed by atoms with E-state index in [9.17, 15) is 4.21 Å². The van der Waals surface area contributed by atoms with Crippen molar-refractivity contribution in [3.8, 4) is 0 Å². The maximum absolute atomic E-state index is 10.4. The third-order valence-corrected chi connectivity index (χ3v) is 2.28. The highest BCUT2D eigenvalue weighted by atomic mass is 32.2. The number of nitrogens with two attached hydrogens (primary N) is 1. The van der Waals surface area contributed by atoms with Crippen LogP contribution in [0.1, 0.15) is 33.1 Å². The van der Waals surface area contributed by atoms with Crippen LogP contribution >= 0.6 is 0 Å². The smallest absolute Gasteiger partial charge is 0.170 e. The minimum Gasteiger partial charge on any atom is -0.315 e. The molecule has 4 heteroatoms. The molecule has 0 aromatic carbocycles. The van der Waals surface area contributed by atoms with Gasteiger partial charge in [0.25, 0.3) is 0 Å². The maximum Gasteiger partial charge on any atom is 0.170 e. The SMILES string of the molecule is CC(C)CCCC(N)S(=O)O. The Morgan fingerprint density at radius 3 is 2.36 bits per heavy atom. The summed E-state index contributed by atoms with van der Waals surface area (Å²) >= 11 is -1.85. The molecule has 0 aromatic heterocycles. The molecule has 68 valence electrons. The Kier molecular flexibility index (Phi) is 5.72. The van der Waals surface area contributed by atoms with Crippen molar-refractivity contribution in [1.82, 2.24) is 0 Å². The molecule has 0 bridgehead atoms. The van der Waals surface area contributed by atoms with Crippen LogP contribution in [0.4, 0.5) is 0 Å². The van der Waals surface area contributed by atoms with Crippen molar-refractivity contribution in [1.29, 1.82) is 0 Å². The lowest BCUT2D eigenvalue weighted by atomic mass is 10.1. The Labute approximate surface area is 70.6 Å². The van der Waals surface area contributed by atoms with Crippen LogP contribution in [0.5, 0.6) is 0 Å². The molecule has 2 unspecified atom stereocenters. The summed E-state index contributed by atoms with van der Waals surface area (Å²) in [6, 6.07) is 0. The van der Waals surface area contributed by atoms with E-state index in [4.69, 9.17) is 10.3 Å². The summed E-state index contributed by atoms with van der Waals surface area (Å²) in [5.74, 6) is 0.648. The van der Waals surface area contributed by atoms with E-state index in [2.05, 4.69) is 13.8 Å². The monoisotopic (exact) mass is 179 g/mol. The van der Waals surface area contributed by atoms with Crippen LogP contribution in [0.2, 0.25) is 0 Å². The quantitative estimate of drug-likeness (QED) is 0.626. The van der Waals surface area contributed by atoms with Gasteiger partial charge < -0.3 is 10.3 Å². The largest absolute Gasteiger partial charge is 0.315 e. The molecule has 0 radical (unpaired) electrons. The highest BCUT2D eigenvalue weighted by Crippen LogP contribution is 2.08. The Bertz CT molecular complexity index is 128. The molecule has 3 N–H and O–H groups in total. The summed E-state index contributed by atoms with van der Waals surface area (Å²) < 4.78 is 18.9. The Balaban J connectivity index is 3.31. The predicted octanol–water partition coefficient (Wildman–Crippen LogP) is 1.32. The predicted molar refractivity (Wildman–Crippen MR) is 47.4 cm³/mol. The van der Waals surface area contributed by atoms with Crippen molar-refractivity contribution in [2.45, 2.75) is 38.5 Å². The molecule has 0 spiro atoms. The number of rotatable bonds is 5. The molecule has 0 saturated carbocycles. The topological polar surface area (TPSA) is 63.3 Å². The van der Waals surface area contributed by atoms with Crippen molar-refractivity contribution < 1.29 is 8.76 Å². The summed E-state index contributed by atoms with van der Waals surface area (Å²) in [4.78, 5) is 0. The fourth-order valence-electron chi connectivity index (χ4n) is 0.828. The standard InChI is InChI=1S/C7H17NO2S/c1-6(2)4-3-5-7(8)11(9)10/h6-7H,3-5,8H2,1-2H3,(H,9,10). The van der Waals surface area contributed by atoms with Gasteiger partial charge >= 0.3 is 0 Å². The van der Waals surface area contributed by atoms with Crippen LogP contribution in [-0.4, -0.2) is 14.1 Å². The van der Waals surface area contributed by atoms with Crippen LogP contribution in [-0.2, 0) is 11.1 Å². The van der Waals surface area contributed by atoms with Gasteiger partial charge in [-0.25, -0.2) is 4.21 Å². The summed E-state index contributed by atoms with van der Waals surface area (Å²) in [5.41, 5.74) is 5.35. The zero-order chi connectivity index (χ0) is 8.85. The van der Waals surface area contributed by atoms with E-state index in [0.717, 1.165) is 12.8 Å². The van der Waals surface area contributed by atoms with E-state index in [1.165, 1.54) is 0 Å². The van der Waals surface area contributed by atoms with Gasteiger partial charge in [-0.3, -0.25) is 0 Å². The summed E-state index contributed by atoms with van der Waals surface area (Å²) in [5, 5.41) is -0.561. The second-order valence-corrected chi connectivity index (χ2v) is 4.30. The molecule has 0 amide bonds. The number of hydrogen-bond donors (Lipinski definition) is 2. The molecule has 11 heavy (non-hydrogen) atoms. The van der Waals surface area contributed by atoms with E-state index < -0.39 is 16.5 Å². The molecule has 0 aliphatic heterocycles. The molecule has 0 fully saturated rings. The Hall–Kier alpha value is 0.0700. The molecule has 0 aliphatic rings. The van der Waals surface area contributed by atoms with Crippen LogP contribution in [0, 0.1) is 5.92 Å². The Morgan fingerprint density at radius 2 is 2.00 bits per heavy atom. The zero-order valence-corrected chi connectivity index (χ0v) is 7.93. The van der Waals surface area contributed by atoms with Gasteiger partial charge in [0.15, 0.2) is 11.1 Å². The third kappa shape index (κ3) is 6.47. The van der Waals surface area contributed by atoms with Gasteiger partial charge in [0, 0.05) is 0 Å². The van der Waals surface area contributed by atoms with Gasteiger partial charge in [0.1, 0.15) is 5.37 Å². The van der Waals surface area contributed by atoms with Crippen LogP contribution in [0.3, 0.4) is 0 Å². The van der Waals surface area contributed by atoms with Gasteiger partial charge in [-0.2, -0.15) is 0 Å². The zero-order valence-electron chi connectivity index (χ0n) is 7.12. The lowest BCUT2D eigenvalue weighted by Gasteiger charge is -2.07. The molecule has 2 atom stereocenters. The molecular weight excluding hydrogens is 162 g/mol. The fourth-order valence-corrected chi connectivity index (χ4v) is 1.20. The van der Waals surface area contributed by atoms with Gasteiger partial charge in [-0.1, -0.05) is 26.7 Å². The van der Waals surface area contributed by atoms with E-state index in [1.54, 1.807) is 0 Å². The van der Waals surface area contributed by atoms with E-state index in [0.29, 0.717) is 12.3 Å². The highest BCUT2D eigenvalue weighted by Gasteiger charge is 2.07. The molecule has 3 nitrogen and oxygen atoms in total. The van der Waals surface area contributed by atoms with Gasteiger partial charge in [-0.05, 0) is 12.3 Å². The molecule has 0 saturated heterocycles. The van der Waals surface area contributed by atoms with Crippen molar-refractivity contribution in [3.63, 3.8) is 0 Å². The average molecular weight is 179 g/mol. The average Bonchev–Trinajstić information content (AvgIpc) is 1.86. The number of hydrogen-bond acceptors (Lipinski definition) is 2. The third-order valence-electron chi connectivity index (χ3n) is 1.53. The first-order valence-electron chi connectivity index (χ1n) is 3.89. The van der Waals surface area contributed by atoms with Crippen molar-refractivity contribution >= 4 is 11.1 Å². The lowest BCUT2D eigenvalue weighted by Crippen LogP contribution is -2.24. The van der Waals surface area contributed by atoms with Crippen LogP contribution in [0.25, 0.3) is 0 Å². The van der Waals surface area contributed by atoms with Crippen molar-refractivity contribution in [3.05, 3.63) is 0 Å². The van der Waals surface area contributed by atoms with Crippen molar-refractivity contribution in [2.24, 2.45) is 11.7 Å². The van der Waals surface area contributed by atoms with Gasteiger partial charge in [0.2, 0.25) is 0 Å². The minimum absolute atomic E-state index is 0.561. The van der Waals surface area contributed by atoms with Gasteiger partial charge in [-0.15, -0.1) is 0 Å². The van der Waals surface area contributed by atoms with E-state index in [-0.39, 0.29) is 0 Å². The first-order chi connectivity index (χ1) is 5.04. The second kappa shape index (κ2) is 5.69. The summed E-state index contributed by atoms with van der Waals surface area (Å²) in [7, 11) is 0. The van der Waals surface area contributed by atoms with Crippen molar-refractivity contribution in [2.75, 3.05) is 0 Å². The Morgan fingerprint density at radius 1 is 1.45 bits per heavy atom. The van der Waals surface area contributed by atoms with Crippen LogP contribution in [0.15, 0.2) is 0 Å². The second-order valence-electron chi connectivity index (χ2n) is 3.14. The normalized spacial score (nSPS) is 16.8. The molecular formula is C7H17NO2S. The lowest BCUT2D eigenvalue weighted by molar-refractivity contribution is 0.507. The van der Waals surface area contributed by atoms with E-state index in [1.807, 2.05) is 0 Å². The minimum atomic E-state index is -1.85. The first kappa shape index (κ1) is 11.1. The molecule has 0 aliphatic carbocycles. The first-order valence-corrected chi connectivity index (χ1v) is 5.06. The van der Waals surface area contributed by atoms with E-state index >= 15 is 0 Å². The molecule has 0 rings (SSSR count). The van der Waals surface area contributed by atoms with Gasteiger partial charge in [0.05, 0.1) is 0 Å². The highest BCUT2D eigenvalue weighted by molar-refractivity contribution is 7.79. The summed E-state index contributed by atoms with van der Waals surface area (Å²) in [6.45, 7) is 4.25. The molecule has 0 heterocycles. The maximum atomic E-state index is 10.4. The molecule has 0 aromatic rings. The summed E-state index contributed by atoms with van der Waals surface area (Å²) in [6.07, 6.45) is 2.65.